The Morgan fingerprint density at radius 1 is 1.12 bits per heavy atom. The van der Waals surface area contributed by atoms with E-state index in [9.17, 15) is 14.9 Å². The molecular formula is C24H25N5O4. The van der Waals surface area contributed by atoms with Gasteiger partial charge in [-0.2, -0.15) is 0 Å². The van der Waals surface area contributed by atoms with E-state index in [0.29, 0.717) is 11.3 Å². The Balaban J connectivity index is 1.13. The summed E-state index contributed by atoms with van der Waals surface area (Å²) in [6, 6.07) is 16.3. The normalized spacial score (nSPS) is 15.3. The van der Waals surface area contributed by atoms with Crippen LogP contribution in [0.2, 0.25) is 0 Å². The third-order valence-corrected chi connectivity index (χ3v) is 6.36. The Morgan fingerprint density at radius 3 is 2.76 bits per heavy atom. The number of hydrogen-bond donors (Lipinski definition) is 1. The lowest BCUT2D eigenvalue weighted by molar-refractivity contribution is -0.384. The molecule has 0 atom stereocenters. The van der Waals surface area contributed by atoms with Gasteiger partial charge < -0.3 is 14.4 Å². The van der Waals surface area contributed by atoms with Crippen LogP contribution in [0.1, 0.15) is 31.1 Å². The third kappa shape index (κ3) is 4.45. The molecule has 0 bridgehead atoms. The first-order valence-electron chi connectivity index (χ1n) is 11.2. The Labute approximate surface area is 189 Å². The van der Waals surface area contributed by atoms with E-state index in [1.54, 1.807) is 12.1 Å². The molecule has 9 heteroatoms. The van der Waals surface area contributed by atoms with Crippen molar-refractivity contribution in [2.45, 2.75) is 31.7 Å². The van der Waals surface area contributed by atoms with E-state index in [1.165, 1.54) is 12.1 Å². The van der Waals surface area contributed by atoms with Crippen LogP contribution >= 0.6 is 0 Å². The van der Waals surface area contributed by atoms with Gasteiger partial charge in [0.15, 0.2) is 0 Å². The lowest BCUT2D eigenvalue weighted by Crippen LogP contribution is -2.37. The van der Waals surface area contributed by atoms with Crippen LogP contribution in [0.5, 0.6) is 0 Å². The highest BCUT2D eigenvalue weighted by atomic mass is 16.6. The number of nitrogens with one attached hydrogen (secondary N) is 1. The number of benzene rings is 2. The van der Waals surface area contributed by atoms with E-state index >= 15 is 0 Å². The van der Waals surface area contributed by atoms with Gasteiger partial charge in [0.25, 0.3) is 5.69 Å². The van der Waals surface area contributed by atoms with Crippen molar-refractivity contribution >= 4 is 16.7 Å². The van der Waals surface area contributed by atoms with Gasteiger partial charge in [-0.1, -0.05) is 29.4 Å². The summed E-state index contributed by atoms with van der Waals surface area (Å²) < 4.78 is 7.36. The Hall–Kier alpha value is -3.72. The molecule has 0 saturated carbocycles. The molecule has 2 aromatic heterocycles. The van der Waals surface area contributed by atoms with Crippen LogP contribution in [-0.2, 0) is 6.42 Å². The molecule has 9 nitrogen and oxygen atoms in total. The van der Waals surface area contributed by atoms with Crippen LogP contribution in [0.25, 0.3) is 22.3 Å². The van der Waals surface area contributed by atoms with E-state index < -0.39 is 4.92 Å². The highest BCUT2D eigenvalue weighted by Gasteiger charge is 2.23. The second-order valence-electron chi connectivity index (χ2n) is 8.48. The topological polar surface area (TPSA) is 110 Å². The summed E-state index contributed by atoms with van der Waals surface area (Å²) in [5, 5.41) is 15.1. The molecule has 2 aromatic carbocycles. The van der Waals surface area contributed by atoms with Crippen molar-refractivity contribution in [3.8, 4) is 11.3 Å². The predicted molar refractivity (Wildman–Crippen MR) is 124 cm³/mol. The number of rotatable bonds is 7. The van der Waals surface area contributed by atoms with E-state index in [1.807, 2.05) is 34.9 Å². The zero-order valence-electron chi connectivity index (χ0n) is 18.1. The number of H-pyrrole nitrogens is 1. The van der Waals surface area contributed by atoms with Crippen LogP contribution in [0.4, 0.5) is 5.69 Å². The highest BCUT2D eigenvalue weighted by molar-refractivity contribution is 5.75. The zero-order chi connectivity index (χ0) is 22.8. The SMILES string of the molecule is O=c1[nH]c2ccccc2n1C1CCN(CCCc2cc(-c3cccc([N+](=O)[O-])c3)no2)CC1. The van der Waals surface area contributed by atoms with Crippen molar-refractivity contribution in [1.29, 1.82) is 0 Å². The first kappa shape index (κ1) is 21.1. The number of para-hydroxylation sites is 2. The fraction of sp³-hybridized carbons (Fsp3) is 0.333. The maximum atomic E-state index is 12.4. The first-order valence-corrected chi connectivity index (χ1v) is 11.2. The van der Waals surface area contributed by atoms with E-state index in [2.05, 4.69) is 15.0 Å². The van der Waals surface area contributed by atoms with Crippen LogP contribution in [-0.4, -0.2) is 44.2 Å². The van der Waals surface area contributed by atoms with Crippen molar-refractivity contribution in [2.75, 3.05) is 19.6 Å². The van der Waals surface area contributed by atoms with Crippen molar-refractivity contribution in [3.63, 3.8) is 0 Å². The van der Waals surface area contributed by atoms with Gasteiger partial charge in [-0.3, -0.25) is 14.7 Å². The van der Waals surface area contributed by atoms with Gasteiger partial charge in [-0.15, -0.1) is 0 Å². The van der Waals surface area contributed by atoms with Crippen LogP contribution in [0.15, 0.2) is 63.9 Å². The van der Waals surface area contributed by atoms with Crippen molar-refractivity contribution in [3.05, 3.63) is 81.0 Å². The number of piperidine rings is 1. The molecule has 1 aliphatic heterocycles. The minimum atomic E-state index is -0.414. The largest absolute Gasteiger partial charge is 0.361 e. The molecule has 5 rings (SSSR count). The number of hydrogen-bond acceptors (Lipinski definition) is 6. The molecule has 0 amide bonds. The number of nitrogens with zero attached hydrogens (tertiary/aromatic N) is 4. The van der Waals surface area contributed by atoms with Crippen LogP contribution in [0.3, 0.4) is 0 Å². The molecule has 1 N–H and O–H groups in total. The van der Waals surface area contributed by atoms with Crippen molar-refractivity contribution < 1.29 is 9.45 Å². The second-order valence-corrected chi connectivity index (χ2v) is 8.48. The molecule has 0 radical (unpaired) electrons. The zero-order valence-corrected chi connectivity index (χ0v) is 18.1. The fourth-order valence-electron chi connectivity index (χ4n) is 4.66. The number of aromatic nitrogens is 3. The molecule has 0 unspecified atom stereocenters. The quantitative estimate of drug-likeness (QED) is 0.336. The average molecular weight is 447 g/mol. The molecule has 170 valence electrons. The molecule has 3 heterocycles. The van der Waals surface area contributed by atoms with E-state index in [-0.39, 0.29) is 17.4 Å². The van der Waals surface area contributed by atoms with Gasteiger partial charge in [0.2, 0.25) is 0 Å². The minimum absolute atomic E-state index is 0.0282. The number of fused-ring (bicyclic) bond motifs is 1. The molecule has 0 aliphatic carbocycles. The predicted octanol–water partition coefficient (Wildman–Crippen LogP) is 4.16. The summed E-state index contributed by atoms with van der Waals surface area (Å²) in [6.45, 7) is 2.85. The molecule has 4 aromatic rings. The summed E-state index contributed by atoms with van der Waals surface area (Å²) >= 11 is 0. The van der Waals surface area contributed by atoms with Crippen molar-refractivity contribution in [2.24, 2.45) is 0 Å². The monoisotopic (exact) mass is 447 g/mol. The molecular weight excluding hydrogens is 422 g/mol. The fourth-order valence-corrected chi connectivity index (χ4v) is 4.66. The average Bonchev–Trinajstić information content (AvgIpc) is 3.43. The number of aryl methyl sites for hydroxylation is 1. The lowest BCUT2D eigenvalue weighted by atomic mass is 10.0. The number of imidazole rings is 1. The van der Waals surface area contributed by atoms with Crippen LogP contribution < -0.4 is 5.69 Å². The van der Waals surface area contributed by atoms with Crippen molar-refractivity contribution in [1.82, 2.24) is 19.6 Å². The lowest BCUT2D eigenvalue weighted by Gasteiger charge is -2.32. The molecule has 1 saturated heterocycles. The Morgan fingerprint density at radius 2 is 1.94 bits per heavy atom. The van der Waals surface area contributed by atoms with Gasteiger partial charge in [-0.25, -0.2) is 4.79 Å². The molecule has 33 heavy (non-hydrogen) atoms. The summed E-state index contributed by atoms with van der Waals surface area (Å²) in [7, 11) is 0. The van der Waals surface area contributed by atoms with Gasteiger partial charge in [-0.05, 0) is 37.9 Å². The maximum Gasteiger partial charge on any atom is 0.326 e. The molecule has 0 spiro atoms. The van der Waals surface area contributed by atoms with E-state index in [0.717, 1.165) is 62.1 Å². The number of likely N-dealkylation sites (tertiary alicyclic amines) is 1. The van der Waals surface area contributed by atoms with Gasteiger partial charge in [0, 0.05) is 49.3 Å². The van der Waals surface area contributed by atoms with Gasteiger partial charge in [0.05, 0.1) is 16.0 Å². The summed E-state index contributed by atoms with van der Waals surface area (Å²) in [5.74, 6) is 0.775. The summed E-state index contributed by atoms with van der Waals surface area (Å²) in [6.07, 6.45) is 3.58. The van der Waals surface area contributed by atoms with E-state index in [4.69, 9.17) is 4.52 Å². The summed E-state index contributed by atoms with van der Waals surface area (Å²) in [5.41, 5.74) is 3.16. The number of nitro groups is 1. The summed E-state index contributed by atoms with van der Waals surface area (Å²) in [4.78, 5) is 28.4. The van der Waals surface area contributed by atoms with Gasteiger partial charge in [0.1, 0.15) is 11.5 Å². The second kappa shape index (κ2) is 9.03. The van der Waals surface area contributed by atoms with Crippen LogP contribution in [0, 0.1) is 10.1 Å². The number of nitro benzene ring substituents is 1. The molecule has 1 fully saturated rings. The molecule has 1 aliphatic rings. The smallest absolute Gasteiger partial charge is 0.326 e. The van der Waals surface area contributed by atoms with Gasteiger partial charge >= 0.3 is 5.69 Å². The Bertz CT molecular complexity index is 1330. The highest BCUT2D eigenvalue weighted by Crippen LogP contribution is 2.26. The standard InChI is InChI=1S/C24H25N5O4/c30-24-25-21-8-1-2-9-23(21)28(24)18-10-13-27(14-11-18)12-4-7-20-16-22(26-33-20)17-5-3-6-19(15-17)29(31)32/h1-3,5-6,8-9,15-16,18H,4,7,10-14H2,(H,25,30). The first-order chi connectivity index (χ1) is 16.1. The maximum absolute atomic E-state index is 12.4. The third-order valence-electron chi connectivity index (χ3n) is 6.36. The number of non-ortho nitro benzene ring substituents is 1. The number of aromatic amines is 1. The minimum Gasteiger partial charge on any atom is -0.361 e. The Kier molecular flexibility index (Phi) is 5.78.